The Kier molecular flexibility index (Phi) is 12.0. The van der Waals surface area contributed by atoms with Crippen LogP contribution in [0.25, 0.3) is 0 Å². The molecule has 10 heteroatoms. The van der Waals surface area contributed by atoms with Gasteiger partial charge < -0.3 is 25.4 Å². The molecule has 1 amide bonds. The number of ether oxygens (including phenoxy) is 2. The molecule has 38 heavy (non-hydrogen) atoms. The Morgan fingerprint density at radius 3 is 2.87 bits per heavy atom. The highest BCUT2D eigenvalue weighted by Gasteiger charge is 2.30. The predicted octanol–water partition coefficient (Wildman–Crippen LogP) is 4.55. The first-order valence-corrected chi connectivity index (χ1v) is 14.3. The Hall–Kier alpha value is -2.98. The standard InChI is InChI=1S/C28H42N6O3S/c1-5-7-8-10-21(3)38-34-20-31-26(25(34)9-6-2)27(35)33-17-16-30-19-23(33)15-18-37-24-13-11-22(12-14-24)32-28(29)36-4/h6,11-14,20-21,23,30H,2,5,7-10,15-19H2,1,3-4H3,(H2,29,32)/t21?,23-/m1/s1. The van der Waals surface area contributed by atoms with Gasteiger partial charge in [-0.3, -0.25) is 8.77 Å². The van der Waals surface area contributed by atoms with Crippen LogP contribution in [-0.2, 0) is 11.2 Å². The minimum absolute atomic E-state index is 0.0176. The van der Waals surface area contributed by atoms with Gasteiger partial charge in [0.1, 0.15) is 12.1 Å². The van der Waals surface area contributed by atoms with E-state index in [2.05, 4.69) is 39.7 Å². The number of nitrogens with one attached hydrogen (secondary N) is 1. The highest BCUT2D eigenvalue weighted by atomic mass is 32.2. The number of hydrogen-bond donors (Lipinski definition) is 2. The molecule has 208 valence electrons. The molecule has 1 aliphatic rings. The van der Waals surface area contributed by atoms with Gasteiger partial charge in [-0.05, 0) is 42.6 Å². The number of nitrogens with zero attached hydrogens (tertiary/aromatic N) is 4. The molecule has 0 radical (unpaired) electrons. The van der Waals surface area contributed by atoms with E-state index in [1.807, 2.05) is 35.2 Å². The van der Waals surface area contributed by atoms with Gasteiger partial charge in [-0.15, -0.1) is 6.58 Å². The molecule has 3 N–H and O–H groups in total. The van der Waals surface area contributed by atoms with Crippen molar-refractivity contribution in [1.29, 1.82) is 0 Å². The summed E-state index contributed by atoms with van der Waals surface area (Å²) < 4.78 is 12.9. The zero-order valence-corrected chi connectivity index (χ0v) is 23.7. The fourth-order valence-electron chi connectivity index (χ4n) is 4.40. The van der Waals surface area contributed by atoms with Gasteiger partial charge in [-0.1, -0.05) is 39.2 Å². The van der Waals surface area contributed by atoms with E-state index in [0.29, 0.717) is 42.6 Å². The molecule has 1 aromatic heterocycles. The molecule has 0 bridgehead atoms. The number of amides is 1. The minimum atomic E-state index is -0.0238. The number of carbonyl (C=O) groups excluding carboxylic acids is 1. The van der Waals surface area contributed by atoms with Gasteiger partial charge in [0, 0.05) is 43.8 Å². The fraction of sp³-hybridized carbons (Fsp3) is 0.536. The van der Waals surface area contributed by atoms with Crippen LogP contribution in [0.5, 0.6) is 5.75 Å². The number of carbonyl (C=O) groups is 1. The first-order valence-electron chi connectivity index (χ1n) is 13.4. The van der Waals surface area contributed by atoms with Crippen LogP contribution in [0.15, 0.2) is 48.2 Å². The van der Waals surface area contributed by atoms with Gasteiger partial charge in [-0.2, -0.15) is 4.99 Å². The number of hydrogen-bond acceptors (Lipinski definition) is 7. The van der Waals surface area contributed by atoms with E-state index in [-0.39, 0.29) is 18.0 Å². The van der Waals surface area contributed by atoms with E-state index in [4.69, 9.17) is 15.2 Å². The number of imidazole rings is 1. The summed E-state index contributed by atoms with van der Waals surface area (Å²) in [5, 5.41) is 3.86. The number of rotatable bonds is 14. The van der Waals surface area contributed by atoms with Crippen LogP contribution in [-0.4, -0.2) is 70.4 Å². The van der Waals surface area contributed by atoms with Crippen LogP contribution >= 0.6 is 11.9 Å². The maximum absolute atomic E-state index is 13.7. The second-order valence-electron chi connectivity index (χ2n) is 9.41. The van der Waals surface area contributed by atoms with Crippen LogP contribution < -0.4 is 15.8 Å². The van der Waals surface area contributed by atoms with Crippen LogP contribution in [0.3, 0.4) is 0 Å². The van der Waals surface area contributed by atoms with Gasteiger partial charge in [0.2, 0.25) is 0 Å². The first kappa shape index (κ1) is 29.6. The molecule has 2 aromatic rings. The van der Waals surface area contributed by atoms with E-state index in [1.165, 1.54) is 26.4 Å². The number of methoxy groups -OCH3 is 1. The summed E-state index contributed by atoms with van der Waals surface area (Å²) in [6, 6.07) is 7.45. The number of piperazine rings is 1. The number of nitrogens with two attached hydrogens (primary N) is 1. The average Bonchev–Trinajstić information content (AvgIpc) is 3.31. The molecule has 1 aromatic carbocycles. The van der Waals surface area contributed by atoms with Crippen LogP contribution in [0.1, 0.15) is 62.1 Å². The second kappa shape index (κ2) is 15.4. The van der Waals surface area contributed by atoms with E-state index in [9.17, 15) is 4.79 Å². The summed E-state index contributed by atoms with van der Waals surface area (Å²) in [6.45, 7) is 11.0. The zero-order chi connectivity index (χ0) is 27.3. The minimum Gasteiger partial charge on any atom is -0.494 e. The van der Waals surface area contributed by atoms with Crippen molar-refractivity contribution in [3.05, 3.63) is 54.6 Å². The Morgan fingerprint density at radius 2 is 2.16 bits per heavy atom. The summed E-state index contributed by atoms with van der Waals surface area (Å²) in [7, 11) is 1.48. The Labute approximate surface area is 231 Å². The van der Waals surface area contributed by atoms with E-state index >= 15 is 0 Å². The molecule has 2 heterocycles. The summed E-state index contributed by atoms with van der Waals surface area (Å²) in [6.07, 6.45) is 9.76. The van der Waals surface area contributed by atoms with Crippen molar-refractivity contribution in [2.75, 3.05) is 33.4 Å². The third-order valence-electron chi connectivity index (χ3n) is 6.50. The monoisotopic (exact) mass is 542 g/mol. The fourth-order valence-corrected chi connectivity index (χ4v) is 5.45. The first-order chi connectivity index (χ1) is 18.5. The van der Waals surface area contributed by atoms with Crippen LogP contribution in [0.4, 0.5) is 5.69 Å². The van der Waals surface area contributed by atoms with Crippen molar-refractivity contribution < 1.29 is 14.3 Å². The van der Waals surface area contributed by atoms with Gasteiger partial charge in [0.15, 0.2) is 5.69 Å². The Balaban J connectivity index is 1.62. The zero-order valence-electron chi connectivity index (χ0n) is 22.9. The maximum atomic E-state index is 13.7. The molecule has 0 aliphatic carbocycles. The SMILES string of the molecule is C=CCc1c(C(=O)N2CCNC[C@H]2CCOc2ccc(N=C(N)OC)cc2)ncn1SC(C)CCCCC. The highest BCUT2D eigenvalue weighted by Crippen LogP contribution is 2.25. The molecule has 1 aliphatic heterocycles. The van der Waals surface area contributed by atoms with Gasteiger partial charge in [-0.25, -0.2) is 4.98 Å². The normalized spacial score (nSPS) is 16.8. The van der Waals surface area contributed by atoms with Crippen molar-refractivity contribution in [3.63, 3.8) is 0 Å². The molecule has 0 spiro atoms. The lowest BCUT2D eigenvalue weighted by Gasteiger charge is -2.36. The Morgan fingerprint density at radius 1 is 1.37 bits per heavy atom. The summed E-state index contributed by atoms with van der Waals surface area (Å²) >= 11 is 1.74. The van der Waals surface area contributed by atoms with Crippen molar-refractivity contribution in [2.24, 2.45) is 10.7 Å². The largest absolute Gasteiger partial charge is 0.494 e. The van der Waals surface area contributed by atoms with Crippen molar-refractivity contribution >= 4 is 29.6 Å². The van der Waals surface area contributed by atoms with Crippen molar-refractivity contribution in [2.45, 2.75) is 63.7 Å². The lowest BCUT2D eigenvalue weighted by Crippen LogP contribution is -2.54. The lowest BCUT2D eigenvalue weighted by atomic mass is 10.1. The Bertz CT molecular complexity index is 1060. The number of aromatic nitrogens is 2. The lowest BCUT2D eigenvalue weighted by molar-refractivity contribution is 0.0600. The number of benzene rings is 1. The summed E-state index contributed by atoms with van der Waals surface area (Å²) in [4.78, 5) is 24.4. The molecular weight excluding hydrogens is 500 g/mol. The average molecular weight is 543 g/mol. The molecule has 3 rings (SSSR count). The number of unbranched alkanes of at least 4 members (excludes halogenated alkanes) is 2. The highest BCUT2D eigenvalue weighted by molar-refractivity contribution is 7.98. The molecule has 0 saturated carbocycles. The summed E-state index contributed by atoms with van der Waals surface area (Å²) in [5.74, 6) is 0.711. The maximum Gasteiger partial charge on any atom is 0.286 e. The molecular formula is C28H42N6O3S. The molecule has 1 saturated heterocycles. The van der Waals surface area contributed by atoms with Gasteiger partial charge >= 0.3 is 0 Å². The van der Waals surface area contributed by atoms with Gasteiger partial charge in [0.05, 0.1) is 25.1 Å². The number of amidine groups is 1. The smallest absolute Gasteiger partial charge is 0.286 e. The van der Waals surface area contributed by atoms with Crippen molar-refractivity contribution in [3.8, 4) is 5.75 Å². The molecule has 9 nitrogen and oxygen atoms in total. The van der Waals surface area contributed by atoms with E-state index < -0.39 is 0 Å². The number of aliphatic imine (C=N–C) groups is 1. The molecule has 1 fully saturated rings. The summed E-state index contributed by atoms with van der Waals surface area (Å²) in [5.41, 5.74) is 7.74. The quantitative estimate of drug-likeness (QED) is 0.156. The third kappa shape index (κ3) is 8.52. The second-order valence-corrected chi connectivity index (χ2v) is 10.8. The molecule has 2 atom stereocenters. The van der Waals surface area contributed by atoms with E-state index in [1.54, 1.807) is 18.3 Å². The van der Waals surface area contributed by atoms with Crippen molar-refractivity contribution in [1.82, 2.24) is 19.2 Å². The predicted molar refractivity (Wildman–Crippen MR) is 155 cm³/mol. The topological polar surface area (TPSA) is 107 Å². The van der Waals surface area contributed by atoms with Gasteiger partial charge in [0.25, 0.3) is 11.9 Å². The third-order valence-corrected chi connectivity index (χ3v) is 7.63. The number of allylic oxidation sites excluding steroid dienone is 1. The molecule has 1 unspecified atom stereocenters. The van der Waals surface area contributed by atoms with E-state index in [0.717, 1.165) is 31.0 Å². The van der Waals surface area contributed by atoms with Crippen LogP contribution in [0.2, 0.25) is 0 Å². The van der Waals surface area contributed by atoms with Crippen LogP contribution in [0, 0.1) is 0 Å².